The van der Waals surface area contributed by atoms with E-state index in [4.69, 9.17) is 18.3 Å². The second-order valence-electron chi connectivity index (χ2n) is 5.44. The Hall–Kier alpha value is -0.480. The molecule has 0 fully saturated rings. The lowest BCUT2D eigenvalue weighted by molar-refractivity contribution is 0.121. The summed E-state index contributed by atoms with van der Waals surface area (Å²) in [5.74, 6) is -0.186. The normalized spacial score (nSPS) is 14.4. The minimum atomic E-state index is -3.40. The standard InChI is InChI=1S/C17H30O6P2/c1-4-21-24(18,16-25(19,22-5-2)23-6-3)14-10-13-20-15-17-11-8-7-9-12-17/h7-9,11-12H,4-6,10,13-16H2,1-3H3. The monoisotopic (exact) mass is 392 g/mol. The van der Waals surface area contributed by atoms with Gasteiger partial charge in [-0.25, -0.2) is 0 Å². The topological polar surface area (TPSA) is 71.1 Å². The van der Waals surface area contributed by atoms with Crippen molar-refractivity contribution in [1.29, 1.82) is 0 Å². The van der Waals surface area contributed by atoms with Gasteiger partial charge in [-0.3, -0.25) is 9.13 Å². The van der Waals surface area contributed by atoms with Crippen LogP contribution in [0.15, 0.2) is 30.3 Å². The van der Waals surface area contributed by atoms with E-state index in [2.05, 4.69) is 0 Å². The van der Waals surface area contributed by atoms with Gasteiger partial charge in [0.2, 0.25) is 7.37 Å². The average molecular weight is 392 g/mol. The SMILES string of the molecule is CCOP(=O)(CCCOCc1ccccc1)CP(=O)(OCC)OCC. The van der Waals surface area contributed by atoms with Gasteiger partial charge >= 0.3 is 7.60 Å². The maximum Gasteiger partial charge on any atom is 0.340 e. The fraction of sp³-hybridized carbons (Fsp3) is 0.647. The van der Waals surface area contributed by atoms with Crippen LogP contribution in [0.3, 0.4) is 0 Å². The van der Waals surface area contributed by atoms with E-state index in [0.29, 0.717) is 32.4 Å². The number of hydrogen-bond donors (Lipinski definition) is 0. The molecule has 1 atom stereocenters. The molecule has 0 radical (unpaired) electrons. The Labute approximate surface area is 151 Å². The number of rotatable bonds is 14. The highest BCUT2D eigenvalue weighted by molar-refractivity contribution is 7.73. The van der Waals surface area contributed by atoms with Gasteiger partial charge in [0.1, 0.15) is 5.90 Å². The lowest BCUT2D eigenvalue weighted by Gasteiger charge is -2.23. The molecule has 6 nitrogen and oxygen atoms in total. The van der Waals surface area contributed by atoms with Crippen LogP contribution in [0.4, 0.5) is 0 Å². The Bertz CT molecular complexity index is 554. The first kappa shape index (κ1) is 22.6. The van der Waals surface area contributed by atoms with E-state index < -0.39 is 15.0 Å². The molecule has 1 aromatic rings. The van der Waals surface area contributed by atoms with E-state index in [9.17, 15) is 9.13 Å². The summed E-state index contributed by atoms with van der Waals surface area (Å²) in [7, 11) is -6.51. The molecule has 0 N–H and O–H groups in total. The van der Waals surface area contributed by atoms with Crippen LogP contribution in [0.1, 0.15) is 32.8 Å². The van der Waals surface area contributed by atoms with Crippen molar-refractivity contribution in [3.05, 3.63) is 35.9 Å². The van der Waals surface area contributed by atoms with Crippen molar-refractivity contribution in [3.63, 3.8) is 0 Å². The molecule has 1 rings (SSSR count). The Kier molecular flexibility index (Phi) is 10.8. The molecule has 0 spiro atoms. The summed E-state index contributed by atoms with van der Waals surface area (Å²) >= 11 is 0. The Balaban J connectivity index is 2.50. The van der Waals surface area contributed by atoms with Crippen molar-refractivity contribution in [2.75, 3.05) is 38.5 Å². The highest BCUT2D eigenvalue weighted by atomic mass is 31.2. The number of benzene rings is 1. The van der Waals surface area contributed by atoms with Crippen molar-refractivity contribution >= 4 is 15.0 Å². The van der Waals surface area contributed by atoms with Gasteiger partial charge in [0, 0.05) is 12.8 Å². The lowest BCUT2D eigenvalue weighted by Crippen LogP contribution is -2.07. The summed E-state index contributed by atoms with van der Waals surface area (Å²) in [6.07, 6.45) is 0.849. The summed E-state index contributed by atoms with van der Waals surface area (Å²) in [6, 6.07) is 9.86. The predicted octanol–water partition coefficient (Wildman–Crippen LogP) is 5.13. The van der Waals surface area contributed by atoms with E-state index >= 15 is 0 Å². The first-order valence-corrected chi connectivity index (χ1v) is 12.4. The van der Waals surface area contributed by atoms with Gasteiger partial charge in [0.25, 0.3) is 0 Å². The molecule has 0 aliphatic carbocycles. The quantitative estimate of drug-likeness (QED) is 0.323. The zero-order valence-electron chi connectivity index (χ0n) is 15.4. The largest absolute Gasteiger partial charge is 0.377 e. The molecule has 0 amide bonds. The van der Waals surface area contributed by atoms with Crippen molar-refractivity contribution in [3.8, 4) is 0 Å². The third-order valence-corrected chi connectivity index (χ3v) is 9.44. The fourth-order valence-electron chi connectivity index (χ4n) is 2.36. The first-order valence-electron chi connectivity index (χ1n) is 8.69. The number of hydrogen-bond acceptors (Lipinski definition) is 6. The zero-order chi connectivity index (χ0) is 18.6. The van der Waals surface area contributed by atoms with Crippen LogP contribution in [-0.4, -0.2) is 38.5 Å². The fourth-order valence-corrected chi connectivity index (χ4v) is 8.09. The third-order valence-electron chi connectivity index (χ3n) is 3.30. The van der Waals surface area contributed by atoms with Gasteiger partial charge in [-0.1, -0.05) is 30.3 Å². The van der Waals surface area contributed by atoms with Crippen LogP contribution in [0.2, 0.25) is 0 Å². The van der Waals surface area contributed by atoms with Crippen LogP contribution < -0.4 is 0 Å². The molecule has 8 heteroatoms. The predicted molar refractivity (Wildman–Crippen MR) is 101 cm³/mol. The second kappa shape index (κ2) is 12.0. The molecule has 144 valence electrons. The van der Waals surface area contributed by atoms with Gasteiger partial charge in [0.05, 0.1) is 26.4 Å². The smallest absolute Gasteiger partial charge is 0.340 e. The molecule has 0 bridgehead atoms. The third kappa shape index (κ3) is 9.14. The Morgan fingerprint density at radius 2 is 1.48 bits per heavy atom. The van der Waals surface area contributed by atoms with E-state index in [1.807, 2.05) is 30.3 Å². The van der Waals surface area contributed by atoms with Gasteiger partial charge < -0.3 is 18.3 Å². The second-order valence-corrected chi connectivity index (χ2v) is 10.6. The maximum atomic E-state index is 13.0. The first-order chi connectivity index (χ1) is 12.0. The highest BCUT2D eigenvalue weighted by Gasteiger charge is 2.36. The Morgan fingerprint density at radius 3 is 2.04 bits per heavy atom. The summed E-state index contributed by atoms with van der Waals surface area (Å²) in [4.78, 5) is 0. The molecule has 25 heavy (non-hydrogen) atoms. The van der Waals surface area contributed by atoms with Gasteiger partial charge in [0.15, 0.2) is 0 Å². The summed E-state index contributed by atoms with van der Waals surface area (Å²) in [5, 5.41) is 0. The van der Waals surface area contributed by atoms with Crippen molar-refractivity contribution < 1.29 is 27.4 Å². The summed E-state index contributed by atoms with van der Waals surface area (Å²) in [5.41, 5.74) is 1.09. The van der Waals surface area contributed by atoms with Crippen LogP contribution in [-0.2, 0) is 34.0 Å². The van der Waals surface area contributed by atoms with E-state index in [1.54, 1.807) is 20.8 Å². The van der Waals surface area contributed by atoms with Crippen molar-refractivity contribution in [2.24, 2.45) is 0 Å². The van der Waals surface area contributed by atoms with Gasteiger partial charge in [-0.05, 0) is 32.8 Å². The molecule has 0 aliphatic heterocycles. The molecule has 0 saturated heterocycles. The van der Waals surface area contributed by atoms with Crippen LogP contribution in [0.5, 0.6) is 0 Å². The average Bonchev–Trinajstić information content (AvgIpc) is 2.56. The maximum absolute atomic E-state index is 13.0. The zero-order valence-corrected chi connectivity index (χ0v) is 17.2. The van der Waals surface area contributed by atoms with E-state index in [0.717, 1.165) is 5.56 Å². The highest BCUT2D eigenvalue weighted by Crippen LogP contribution is 2.63. The van der Waals surface area contributed by atoms with Crippen LogP contribution in [0.25, 0.3) is 0 Å². The Morgan fingerprint density at radius 1 is 0.880 bits per heavy atom. The summed E-state index contributed by atoms with van der Waals surface area (Å²) < 4.78 is 47.2. The molecular weight excluding hydrogens is 362 g/mol. The molecule has 0 heterocycles. The van der Waals surface area contributed by atoms with Crippen molar-refractivity contribution in [2.45, 2.75) is 33.8 Å². The van der Waals surface area contributed by atoms with Gasteiger partial charge in [-0.2, -0.15) is 0 Å². The van der Waals surface area contributed by atoms with Crippen LogP contribution in [0, 0.1) is 0 Å². The summed E-state index contributed by atoms with van der Waals surface area (Å²) in [6.45, 7) is 6.97. The minimum Gasteiger partial charge on any atom is -0.377 e. The molecular formula is C17H30O6P2. The molecule has 1 aromatic carbocycles. The minimum absolute atomic E-state index is 0.186. The van der Waals surface area contributed by atoms with Crippen molar-refractivity contribution in [1.82, 2.24) is 0 Å². The lowest BCUT2D eigenvalue weighted by atomic mass is 10.2. The molecule has 0 saturated carbocycles. The van der Waals surface area contributed by atoms with E-state index in [1.165, 1.54) is 0 Å². The molecule has 0 aliphatic rings. The van der Waals surface area contributed by atoms with Crippen LogP contribution >= 0.6 is 15.0 Å². The van der Waals surface area contributed by atoms with Gasteiger partial charge in [-0.15, -0.1) is 0 Å². The molecule has 0 aromatic heterocycles. The van der Waals surface area contributed by atoms with E-state index in [-0.39, 0.29) is 19.1 Å². The molecule has 1 unspecified atom stereocenters. The number of ether oxygens (including phenoxy) is 1.